The second-order valence-corrected chi connectivity index (χ2v) is 3.79. The summed E-state index contributed by atoms with van der Waals surface area (Å²) in [4.78, 5) is 10.7. The zero-order chi connectivity index (χ0) is 13.4. The van der Waals surface area contributed by atoms with Crippen LogP contribution in [-0.2, 0) is 9.47 Å². The molecule has 1 rings (SSSR count). The van der Waals surface area contributed by atoms with E-state index in [9.17, 15) is 4.79 Å². The average Bonchev–Trinajstić information content (AvgIpc) is 2.83. The van der Waals surface area contributed by atoms with Crippen LogP contribution >= 0.6 is 0 Å². The van der Waals surface area contributed by atoms with E-state index < -0.39 is 5.97 Å². The van der Waals surface area contributed by atoms with E-state index in [0.717, 1.165) is 0 Å². The van der Waals surface area contributed by atoms with Crippen LogP contribution in [0.4, 0.5) is 0 Å². The molecule has 0 bridgehead atoms. The fraction of sp³-hybridized carbons (Fsp3) is 0.583. The Bertz CT molecular complexity index is 363. The fourth-order valence-electron chi connectivity index (χ4n) is 1.39. The summed E-state index contributed by atoms with van der Waals surface area (Å²) in [7, 11) is 1.63. The van der Waals surface area contributed by atoms with Crippen molar-refractivity contribution in [2.45, 2.75) is 13.0 Å². The molecular formula is C12H19NO5. The van der Waals surface area contributed by atoms with Crippen molar-refractivity contribution in [3.05, 3.63) is 23.7 Å². The predicted molar refractivity (Wildman–Crippen MR) is 64.8 cm³/mol. The van der Waals surface area contributed by atoms with Crippen molar-refractivity contribution < 1.29 is 23.8 Å². The highest BCUT2D eigenvalue weighted by atomic mass is 16.5. The van der Waals surface area contributed by atoms with Gasteiger partial charge in [0.2, 0.25) is 5.76 Å². The Kier molecular flexibility index (Phi) is 6.42. The number of carboxylic acid groups (broad SMARTS) is 1. The van der Waals surface area contributed by atoms with Gasteiger partial charge in [0, 0.05) is 13.7 Å². The highest BCUT2D eigenvalue weighted by Gasteiger charge is 2.13. The molecule has 0 radical (unpaired) electrons. The zero-order valence-electron chi connectivity index (χ0n) is 10.6. The summed E-state index contributed by atoms with van der Waals surface area (Å²) < 4.78 is 15.3. The molecule has 1 aromatic rings. The Morgan fingerprint density at radius 3 is 2.83 bits per heavy atom. The summed E-state index contributed by atoms with van der Waals surface area (Å²) in [6, 6.07) is 3.06. The lowest BCUT2D eigenvalue weighted by Gasteiger charge is -2.11. The van der Waals surface area contributed by atoms with Crippen molar-refractivity contribution in [1.29, 1.82) is 0 Å². The first-order valence-corrected chi connectivity index (χ1v) is 5.78. The number of ether oxygens (including phenoxy) is 2. The van der Waals surface area contributed by atoms with Gasteiger partial charge in [-0.05, 0) is 19.1 Å². The lowest BCUT2D eigenvalue weighted by atomic mass is 10.2. The van der Waals surface area contributed by atoms with Gasteiger partial charge in [-0.15, -0.1) is 0 Å². The molecule has 1 atom stereocenters. The van der Waals surface area contributed by atoms with Crippen molar-refractivity contribution in [2.75, 3.05) is 33.5 Å². The van der Waals surface area contributed by atoms with Crippen LogP contribution in [0.5, 0.6) is 0 Å². The molecule has 0 spiro atoms. The Labute approximate surface area is 106 Å². The van der Waals surface area contributed by atoms with Gasteiger partial charge in [-0.3, -0.25) is 0 Å². The van der Waals surface area contributed by atoms with Crippen molar-refractivity contribution in [3.8, 4) is 0 Å². The van der Waals surface area contributed by atoms with Crippen LogP contribution in [0.1, 0.15) is 29.3 Å². The third-order valence-electron chi connectivity index (χ3n) is 2.39. The first kappa shape index (κ1) is 14.7. The number of carboxylic acids is 1. The Hall–Kier alpha value is -1.37. The van der Waals surface area contributed by atoms with E-state index in [0.29, 0.717) is 32.1 Å². The van der Waals surface area contributed by atoms with Crippen LogP contribution in [0.2, 0.25) is 0 Å². The minimum atomic E-state index is -1.06. The van der Waals surface area contributed by atoms with E-state index >= 15 is 0 Å². The van der Waals surface area contributed by atoms with E-state index in [4.69, 9.17) is 19.0 Å². The van der Waals surface area contributed by atoms with Crippen molar-refractivity contribution in [3.63, 3.8) is 0 Å². The van der Waals surface area contributed by atoms with E-state index in [2.05, 4.69) is 5.32 Å². The topological polar surface area (TPSA) is 80.9 Å². The van der Waals surface area contributed by atoms with Crippen LogP contribution in [0.15, 0.2) is 16.5 Å². The molecule has 0 aromatic carbocycles. The molecule has 6 nitrogen and oxygen atoms in total. The monoisotopic (exact) mass is 257 g/mol. The third kappa shape index (κ3) is 4.87. The SMILES string of the molecule is COCCOCCNC(C)c1ccc(C(=O)O)o1. The molecule has 0 aliphatic heterocycles. The van der Waals surface area contributed by atoms with Gasteiger partial charge in [-0.25, -0.2) is 4.79 Å². The molecule has 0 saturated carbocycles. The van der Waals surface area contributed by atoms with Gasteiger partial charge in [-0.1, -0.05) is 0 Å². The minimum Gasteiger partial charge on any atom is -0.475 e. The number of carbonyl (C=O) groups is 1. The van der Waals surface area contributed by atoms with E-state index in [-0.39, 0.29) is 11.8 Å². The molecule has 0 amide bonds. The number of hydrogen-bond acceptors (Lipinski definition) is 5. The van der Waals surface area contributed by atoms with Crippen LogP contribution in [-0.4, -0.2) is 44.6 Å². The molecule has 18 heavy (non-hydrogen) atoms. The van der Waals surface area contributed by atoms with Crippen LogP contribution in [0.25, 0.3) is 0 Å². The number of hydrogen-bond donors (Lipinski definition) is 2. The molecule has 0 fully saturated rings. The smallest absolute Gasteiger partial charge is 0.371 e. The quantitative estimate of drug-likeness (QED) is 0.649. The Balaban J connectivity index is 2.23. The van der Waals surface area contributed by atoms with Crippen LogP contribution in [0.3, 0.4) is 0 Å². The van der Waals surface area contributed by atoms with Crippen LogP contribution in [0, 0.1) is 0 Å². The van der Waals surface area contributed by atoms with Gasteiger partial charge in [-0.2, -0.15) is 0 Å². The van der Waals surface area contributed by atoms with Gasteiger partial charge in [0.15, 0.2) is 0 Å². The highest BCUT2D eigenvalue weighted by molar-refractivity contribution is 5.84. The number of rotatable bonds is 9. The first-order valence-electron chi connectivity index (χ1n) is 5.78. The second kappa shape index (κ2) is 7.86. The van der Waals surface area contributed by atoms with Gasteiger partial charge >= 0.3 is 5.97 Å². The molecular weight excluding hydrogens is 238 g/mol. The molecule has 1 aromatic heterocycles. The fourth-order valence-corrected chi connectivity index (χ4v) is 1.39. The number of nitrogens with one attached hydrogen (secondary N) is 1. The van der Waals surface area contributed by atoms with Crippen LogP contribution < -0.4 is 5.32 Å². The Morgan fingerprint density at radius 1 is 1.44 bits per heavy atom. The van der Waals surface area contributed by atoms with Gasteiger partial charge in [0.1, 0.15) is 5.76 Å². The van der Waals surface area contributed by atoms with E-state index in [1.165, 1.54) is 6.07 Å². The minimum absolute atomic E-state index is 0.0463. The number of methoxy groups -OCH3 is 1. The number of furan rings is 1. The van der Waals surface area contributed by atoms with Crippen molar-refractivity contribution in [1.82, 2.24) is 5.32 Å². The van der Waals surface area contributed by atoms with Gasteiger partial charge in [0.25, 0.3) is 0 Å². The van der Waals surface area contributed by atoms with Crippen molar-refractivity contribution in [2.24, 2.45) is 0 Å². The molecule has 0 saturated heterocycles. The second-order valence-electron chi connectivity index (χ2n) is 3.79. The molecule has 0 aliphatic carbocycles. The summed E-state index contributed by atoms with van der Waals surface area (Å²) in [6.07, 6.45) is 0. The largest absolute Gasteiger partial charge is 0.475 e. The third-order valence-corrected chi connectivity index (χ3v) is 2.39. The van der Waals surface area contributed by atoms with Gasteiger partial charge < -0.3 is 24.3 Å². The molecule has 2 N–H and O–H groups in total. The molecule has 6 heteroatoms. The first-order chi connectivity index (χ1) is 8.65. The summed E-state index contributed by atoms with van der Waals surface area (Å²) in [6.45, 7) is 4.28. The lowest BCUT2D eigenvalue weighted by Crippen LogP contribution is -2.23. The average molecular weight is 257 g/mol. The lowest BCUT2D eigenvalue weighted by molar-refractivity contribution is 0.0657. The molecule has 1 unspecified atom stereocenters. The summed E-state index contributed by atoms with van der Waals surface area (Å²) in [5, 5.41) is 11.9. The van der Waals surface area contributed by atoms with Crippen molar-refractivity contribution >= 4 is 5.97 Å². The maximum Gasteiger partial charge on any atom is 0.371 e. The highest BCUT2D eigenvalue weighted by Crippen LogP contribution is 2.15. The summed E-state index contributed by atoms with van der Waals surface area (Å²) in [5.41, 5.74) is 0. The normalized spacial score (nSPS) is 12.6. The number of aromatic carboxylic acids is 1. The van der Waals surface area contributed by atoms with E-state index in [1.807, 2.05) is 6.92 Å². The van der Waals surface area contributed by atoms with E-state index in [1.54, 1.807) is 13.2 Å². The maximum absolute atomic E-state index is 10.7. The summed E-state index contributed by atoms with van der Waals surface area (Å²) in [5.74, 6) is -0.504. The Morgan fingerprint density at radius 2 is 2.22 bits per heavy atom. The zero-order valence-corrected chi connectivity index (χ0v) is 10.6. The standard InChI is InChI=1S/C12H19NO5/c1-9(13-5-6-17-8-7-16-2)10-3-4-11(18-10)12(14)15/h3-4,9,13H,5-8H2,1-2H3,(H,14,15). The molecule has 102 valence electrons. The summed E-state index contributed by atoms with van der Waals surface area (Å²) >= 11 is 0. The molecule has 1 heterocycles. The predicted octanol–water partition coefficient (Wildman–Crippen LogP) is 1.29. The molecule has 0 aliphatic rings. The maximum atomic E-state index is 10.7. The van der Waals surface area contributed by atoms with Gasteiger partial charge in [0.05, 0.1) is 25.9 Å².